The van der Waals surface area contributed by atoms with Gasteiger partial charge in [0.25, 0.3) is 0 Å². The van der Waals surface area contributed by atoms with E-state index < -0.39 is 6.10 Å². The van der Waals surface area contributed by atoms with Crippen LogP contribution in [0.4, 0.5) is 0 Å². The Bertz CT molecular complexity index is 1430. The maximum Gasteiger partial charge on any atom is 0.306 e. The van der Waals surface area contributed by atoms with Gasteiger partial charge >= 0.3 is 17.9 Å². The summed E-state index contributed by atoms with van der Waals surface area (Å²) in [5.41, 5.74) is 0. The minimum Gasteiger partial charge on any atom is -0.462 e. The second kappa shape index (κ2) is 68.6. The van der Waals surface area contributed by atoms with E-state index in [-0.39, 0.29) is 31.1 Å². The van der Waals surface area contributed by atoms with Gasteiger partial charge in [-0.15, -0.1) is 0 Å². The molecule has 0 aliphatic carbocycles. The Kier molecular flexibility index (Phi) is 66.1. The molecule has 0 aromatic carbocycles. The van der Waals surface area contributed by atoms with Crippen molar-refractivity contribution in [1.82, 2.24) is 0 Å². The van der Waals surface area contributed by atoms with Gasteiger partial charge in [0.1, 0.15) is 13.2 Å². The van der Waals surface area contributed by atoms with Crippen LogP contribution in [0.3, 0.4) is 0 Å². The topological polar surface area (TPSA) is 78.9 Å². The maximum atomic E-state index is 12.9. The Morgan fingerprint density at radius 1 is 0.263 bits per heavy atom. The number of hydrogen-bond acceptors (Lipinski definition) is 6. The summed E-state index contributed by atoms with van der Waals surface area (Å²) in [6.45, 7) is 6.52. The molecule has 0 amide bonds. The fourth-order valence-electron chi connectivity index (χ4n) is 10.5. The van der Waals surface area contributed by atoms with Crippen molar-refractivity contribution in [3.05, 3.63) is 60.8 Å². The van der Waals surface area contributed by atoms with Crippen LogP contribution >= 0.6 is 0 Å². The van der Waals surface area contributed by atoms with E-state index in [1.807, 2.05) is 0 Å². The number of carbonyl (C=O) groups excluding carboxylic acids is 3. The molecule has 0 heterocycles. The van der Waals surface area contributed by atoms with Gasteiger partial charge in [-0.2, -0.15) is 0 Å². The number of esters is 3. The molecule has 0 saturated heterocycles. The molecule has 0 aliphatic rings. The SMILES string of the molecule is CC/C=C\C/C=C\C/C=C\C/C=C\CCCCCCCCCCCCCCCCCCCCC(=O)OCC(COC(=O)CCCCCCC/C=C\CCC)OC(=O)CCCCCCCCCCCCCCCCCCCCCCC. The molecule has 6 heteroatoms. The molecule has 0 saturated carbocycles. The summed E-state index contributed by atoms with van der Waals surface area (Å²) >= 11 is 0. The van der Waals surface area contributed by atoms with Crippen LogP contribution in [0.25, 0.3) is 0 Å². The van der Waals surface area contributed by atoms with Crippen molar-refractivity contribution in [2.45, 2.75) is 380 Å². The number of hydrogen-bond donors (Lipinski definition) is 0. The van der Waals surface area contributed by atoms with Crippen molar-refractivity contribution in [3.8, 4) is 0 Å². The zero-order chi connectivity index (χ0) is 57.8. The largest absolute Gasteiger partial charge is 0.462 e. The molecule has 1 unspecified atom stereocenters. The maximum absolute atomic E-state index is 12.9. The van der Waals surface area contributed by atoms with Crippen LogP contribution in [-0.2, 0) is 28.6 Å². The van der Waals surface area contributed by atoms with E-state index in [4.69, 9.17) is 14.2 Å². The van der Waals surface area contributed by atoms with E-state index in [2.05, 4.69) is 81.5 Å². The molecule has 0 rings (SSSR count). The third-order valence-corrected chi connectivity index (χ3v) is 15.7. The number of ether oxygens (including phenoxy) is 3. The fourth-order valence-corrected chi connectivity index (χ4v) is 10.5. The van der Waals surface area contributed by atoms with Gasteiger partial charge in [-0.25, -0.2) is 0 Å². The zero-order valence-corrected chi connectivity index (χ0v) is 53.6. The van der Waals surface area contributed by atoms with Gasteiger partial charge in [0.2, 0.25) is 0 Å². The fraction of sp³-hybridized carbons (Fsp3) is 0.824. The second-order valence-corrected chi connectivity index (χ2v) is 23.8. The predicted octanol–water partition coefficient (Wildman–Crippen LogP) is 24.3. The molecule has 0 aromatic heterocycles. The number of rotatable bonds is 65. The summed E-state index contributed by atoms with van der Waals surface area (Å²) < 4.78 is 16.9. The first-order chi connectivity index (χ1) is 39.5. The molecule has 466 valence electrons. The molecule has 6 nitrogen and oxygen atoms in total. The van der Waals surface area contributed by atoms with Crippen molar-refractivity contribution in [2.24, 2.45) is 0 Å². The van der Waals surface area contributed by atoms with E-state index >= 15 is 0 Å². The average Bonchev–Trinajstić information content (AvgIpc) is 3.46. The van der Waals surface area contributed by atoms with E-state index in [9.17, 15) is 14.4 Å². The highest BCUT2D eigenvalue weighted by atomic mass is 16.6. The summed E-state index contributed by atoms with van der Waals surface area (Å²) in [6, 6.07) is 0. The van der Waals surface area contributed by atoms with E-state index in [0.29, 0.717) is 19.3 Å². The lowest BCUT2D eigenvalue weighted by atomic mass is 10.0. The first-order valence-corrected chi connectivity index (χ1v) is 35.3. The van der Waals surface area contributed by atoms with E-state index in [1.54, 1.807) is 0 Å². The molecule has 80 heavy (non-hydrogen) atoms. The number of allylic oxidation sites excluding steroid dienone is 10. The van der Waals surface area contributed by atoms with E-state index in [1.165, 1.54) is 238 Å². The summed E-state index contributed by atoms with van der Waals surface area (Å²) in [4.78, 5) is 38.3. The van der Waals surface area contributed by atoms with Crippen LogP contribution in [0.15, 0.2) is 60.8 Å². The van der Waals surface area contributed by atoms with Gasteiger partial charge in [-0.3, -0.25) is 14.4 Å². The van der Waals surface area contributed by atoms with Crippen LogP contribution in [0, 0.1) is 0 Å². The highest BCUT2D eigenvalue weighted by Crippen LogP contribution is 2.18. The molecular formula is C74H134O6. The number of unbranched alkanes of at least 4 members (excludes halogenated alkanes) is 44. The van der Waals surface area contributed by atoms with Gasteiger partial charge in [-0.1, -0.05) is 338 Å². The molecule has 0 aliphatic heterocycles. The lowest BCUT2D eigenvalue weighted by Gasteiger charge is -2.18. The predicted molar refractivity (Wildman–Crippen MR) is 348 cm³/mol. The van der Waals surface area contributed by atoms with Crippen LogP contribution in [0.1, 0.15) is 374 Å². The van der Waals surface area contributed by atoms with Gasteiger partial charge in [0.05, 0.1) is 0 Å². The van der Waals surface area contributed by atoms with E-state index in [0.717, 1.165) is 96.3 Å². The smallest absolute Gasteiger partial charge is 0.306 e. The minimum atomic E-state index is -0.774. The van der Waals surface area contributed by atoms with Crippen molar-refractivity contribution in [1.29, 1.82) is 0 Å². The summed E-state index contributed by atoms with van der Waals surface area (Å²) in [5.74, 6) is -0.857. The average molecular weight is 1120 g/mol. The summed E-state index contributed by atoms with van der Waals surface area (Å²) in [6.07, 6.45) is 88.4. The number of carbonyl (C=O) groups is 3. The molecule has 0 fully saturated rings. The Morgan fingerprint density at radius 2 is 0.512 bits per heavy atom. The van der Waals surface area contributed by atoms with Crippen molar-refractivity contribution in [2.75, 3.05) is 13.2 Å². The summed E-state index contributed by atoms with van der Waals surface area (Å²) in [7, 11) is 0. The van der Waals surface area contributed by atoms with Gasteiger partial charge < -0.3 is 14.2 Å². The lowest BCUT2D eigenvalue weighted by molar-refractivity contribution is -0.167. The molecule has 0 radical (unpaired) electrons. The van der Waals surface area contributed by atoms with Gasteiger partial charge in [-0.05, 0) is 77.0 Å². The van der Waals surface area contributed by atoms with Crippen molar-refractivity contribution >= 4 is 17.9 Å². The van der Waals surface area contributed by atoms with Crippen LogP contribution < -0.4 is 0 Å². The molecule has 0 bridgehead atoms. The first-order valence-electron chi connectivity index (χ1n) is 35.3. The Hall–Kier alpha value is -2.89. The molecule has 0 aromatic rings. The van der Waals surface area contributed by atoms with Crippen molar-refractivity contribution < 1.29 is 28.6 Å². The quantitative estimate of drug-likeness (QED) is 0.0261. The lowest BCUT2D eigenvalue weighted by Crippen LogP contribution is -2.30. The van der Waals surface area contributed by atoms with Gasteiger partial charge in [0.15, 0.2) is 6.10 Å². The van der Waals surface area contributed by atoms with Crippen LogP contribution in [0.5, 0.6) is 0 Å². The molecule has 1 atom stereocenters. The zero-order valence-electron chi connectivity index (χ0n) is 53.6. The third-order valence-electron chi connectivity index (χ3n) is 15.7. The second-order valence-electron chi connectivity index (χ2n) is 23.8. The van der Waals surface area contributed by atoms with Crippen LogP contribution in [-0.4, -0.2) is 37.2 Å². The Morgan fingerprint density at radius 3 is 0.825 bits per heavy atom. The highest BCUT2D eigenvalue weighted by Gasteiger charge is 2.19. The van der Waals surface area contributed by atoms with Gasteiger partial charge in [0, 0.05) is 19.3 Å². The highest BCUT2D eigenvalue weighted by molar-refractivity contribution is 5.71. The standard InChI is InChI=1S/C74H134O6/c1-4-7-10-13-16-19-22-24-26-28-30-32-33-34-35-36-37-38-39-40-41-43-44-46-48-50-52-55-58-61-64-67-73(76)79-70-71(69-78-72(75)66-63-60-57-54-21-18-15-12-9-6-3)80-74(77)68-65-62-59-56-53-51-49-47-45-42-31-29-27-25-23-20-17-14-11-8-5-2/h7,10,12,15-16,19,24,26,30,32,71H,4-6,8-9,11,13-14,17-18,20-23,25,27-29,31,33-70H2,1-3H3/b10-7-,15-12-,19-16-,26-24-,32-30-. The first kappa shape index (κ1) is 77.1. The minimum absolute atomic E-state index is 0.0710. The molecule has 0 N–H and O–H groups in total. The monoisotopic (exact) mass is 1120 g/mol. The molecule has 0 spiro atoms. The Labute approximate surface area is 498 Å². The van der Waals surface area contributed by atoms with Crippen LogP contribution in [0.2, 0.25) is 0 Å². The normalized spacial score (nSPS) is 12.4. The van der Waals surface area contributed by atoms with Crippen molar-refractivity contribution in [3.63, 3.8) is 0 Å². The molecular weight excluding hydrogens is 985 g/mol. The summed E-state index contributed by atoms with van der Waals surface area (Å²) in [5, 5.41) is 0. The Balaban J connectivity index is 4.10. The third kappa shape index (κ3) is 65.9.